The van der Waals surface area contributed by atoms with Crippen LogP contribution < -0.4 is 11.1 Å². The Balaban J connectivity index is 3.21. The summed E-state index contributed by atoms with van der Waals surface area (Å²) in [6, 6.07) is -0.701. The summed E-state index contributed by atoms with van der Waals surface area (Å²) < 4.78 is 0. The lowest BCUT2D eigenvalue weighted by atomic mass is 10.2. The van der Waals surface area contributed by atoms with Crippen molar-refractivity contribution in [3.05, 3.63) is 0 Å². The van der Waals surface area contributed by atoms with Gasteiger partial charge in [0.2, 0.25) is 0 Å². The molecule has 0 aromatic heterocycles. The molecular weight excluding hydrogens is 132 g/mol. The smallest absolute Gasteiger partial charge is 0.320 e. The quantitative estimate of drug-likeness (QED) is 0.453. The summed E-state index contributed by atoms with van der Waals surface area (Å²) in [6.45, 7) is 0.820. The van der Waals surface area contributed by atoms with Crippen LogP contribution in [0.5, 0.6) is 0 Å². The Morgan fingerprint density at radius 1 is 1.80 bits per heavy atom. The van der Waals surface area contributed by atoms with Gasteiger partial charge in [0.25, 0.3) is 0 Å². The van der Waals surface area contributed by atoms with Crippen molar-refractivity contribution >= 4 is 5.97 Å². The average Bonchev–Trinajstić information content (AvgIpc) is 1.88. The number of aliphatic carboxylic acids is 1. The number of rotatable bonds is 5. The van der Waals surface area contributed by atoms with E-state index in [4.69, 9.17) is 10.8 Å². The second-order valence-electron chi connectivity index (χ2n) is 2.19. The van der Waals surface area contributed by atoms with Crippen LogP contribution in [0.3, 0.4) is 0 Å². The van der Waals surface area contributed by atoms with E-state index < -0.39 is 12.0 Å². The number of carbonyl (C=O) groups is 1. The summed E-state index contributed by atoms with van der Waals surface area (Å²) in [7, 11) is 1.83. The van der Waals surface area contributed by atoms with E-state index in [0.29, 0.717) is 6.42 Å². The van der Waals surface area contributed by atoms with Gasteiger partial charge in [0.1, 0.15) is 6.04 Å². The van der Waals surface area contributed by atoms with E-state index >= 15 is 0 Å². The van der Waals surface area contributed by atoms with Crippen molar-refractivity contribution in [1.29, 1.82) is 0 Å². The molecule has 0 aliphatic heterocycles. The first-order valence-corrected chi connectivity index (χ1v) is 3.31. The first kappa shape index (κ1) is 9.39. The van der Waals surface area contributed by atoms with Gasteiger partial charge in [0, 0.05) is 0 Å². The highest BCUT2D eigenvalue weighted by atomic mass is 16.4. The zero-order chi connectivity index (χ0) is 7.98. The van der Waals surface area contributed by atoms with E-state index in [1.54, 1.807) is 0 Å². The van der Waals surface area contributed by atoms with Gasteiger partial charge in [-0.3, -0.25) is 4.79 Å². The van der Waals surface area contributed by atoms with Crippen molar-refractivity contribution in [1.82, 2.24) is 5.32 Å². The number of hydrogen-bond acceptors (Lipinski definition) is 3. The largest absolute Gasteiger partial charge is 0.480 e. The standard InChI is InChI=1S/C6H14N2O2/c1-8-4-2-3-5(7)6(9)10/h5,8H,2-4,7H2,1H3,(H,9,10). The third-order valence-electron chi connectivity index (χ3n) is 1.26. The van der Waals surface area contributed by atoms with Crippen LogP contribution in [0.15, 0.2) is 0 Å². The molecule has 10 heavy (non-hydrogen) atoms. The highest BCUT2D eigenvalue weighted by Gasteiger charge is 2.09. The topological polar surface area (TPSA) is 75.3 Å². The molecule has 4 nitrogen and oxygen atoms in total. The Morgan fingerprint density at radius 2 is 2.40 bits per heavy atom. The van der Waals surface area contributed by atoms with Crippen LogP contribution in [0.1, 0.15) is 12.8 Å². The van der Waals surface area contributed by atoms with E-state index in [0.717, 1.165) is 13.0 Å². The third-order valence-corrected chi connectivity index (χ3v) is 1.26. The summed E-state index contributed by atoms with van der Waals surface area (Å²) in [5.74, 6) is -0.920. The third kappa shape index (κ3) is 4.29. The Hall–Kier alpha value is -0.610. The van der Waals surface area contributed by atoms with Gasteiger partial charge in [-0.25, -0.2) is 0 Å². The number of hydrogen-bond donors (Lipinski definition) is 3. The van der Waals surface area contributed by atoms with Gasteiger partial charge in [0.05, 0.1) is 0 Å². The fraction of sp³-hybridized carbons (Fsp3) is 0.833. The lowest BCUT2D eigenvalue weighted by Crippen LogP contribution is -2.30. The van der Waals surface area contributed by atoms with Crippen LogP contribution in [-0.4, -0.2) is 30.7 Å². The van der Waals surface area contributed by atoms with Crippen molar-refractivity contribution in [3.63, 3.8) is 0 Å². The molecule has 0 aliphatic carbocycles. The van der Waals surface area contributed by atoms with E-state index in [2.05, 4.69) is 5.32 Å². The maximum absolute atomic E-state index is 10.1. The molecule has 60 valence electrons. The lowest BCUT2D eigenvalue weighted by Gasteiger charge is -2.04. The number of carboxylic acid groups (broad SMARTS) is 1. The lowest BCUT2D eigenvalue weighted by molar-refractivity contribution is -0.138. The molecular formula is C6H14N2O2. The number of nitrogens with two attached hydrogens (primary N) is 1. The molecule has 1 atom stereocenters. The first-order valence-electron chi connectivity index (χ1n) is 3.31. The van der Waals surface area contributed by atoms with Crippen LogP contribution in [-0.2, 0) is 4.79 Å². The van der Waals surface area contributed by atoms with Crippen molar-refractivity contribution in [2.75, 3.05) is 13.6 Å². The Bertz CT molecular complexity index is 106. The molecule has 0 aromatic rings. The predicted octanol–water partition coefficient (Wildman–Crippen LogP) is -0.602. The van der Waals surface area contributed by atoms with Crippen molar-refractivity contribution in [2.45, 2.75) is 18.9 Å². The van der Waals surface area contributed by atoms with Crippen LogP contribution in [0, 0.1) is 0 Å². The van der Waals surface area contributed by atoms with Crippen LogP contribution >= 0.6 is 0 Å². The predicted molar refractivity (Wildman–Crippen MR) is 38.8 cm³/mol. The van der Waals surface area contributed by atoms with Gasteiger partial charge in [0.15, 0.2) is 0 Å². The molecule has 0 rings (SSSR count). The fourth-order valence-electron chi connectivity index (χ4n) is 0.622. The second kappa shape index (κ2) is 5.20. The van der Waals surface area contributed by atoms with E-state index in [9.17, 15) is 4.79 Å². The molecule has 0 spiro atoms. The molecule has 0 fully saturated rings. The van der Waals surface area contributed by atoms with Gasteiger partial charge in [-0.2, -0.15) is 0 Å². The van der Waals surface area contributed by atoms with Crippen molar-refractivity contribution < 1.29 is 9.90 Å². The summed E-state index contributed by atoms with van der Waals surface area (Å²) in [5, 5.41) is 11.2. The summed E-state index contributed by atoms with van der Waals surface area (Å²) in [5.41, 5.74) is 5.23. The molecule has 0 heterocycles. The van der Waals surface area contributed by atoms with Gasteiger partial charge < -0.3 is 16.2 Å². The van der Waals surface area contributed by atoms with Crippen molar-refractivity contribution in [3.8, 4) is 0 Å². The number of carboxylic acids is 1. The fourth-order valence-corrected chi connectivity index (χ4v) is 0.622. The molecule has 0 radical (unpaired) electrons. The molecule has 0 bridgehead atoms. The highest BCUT2D eigenvalue weighted by molar-refractivity contribution is 5.72. The zero-order valence-electron chi connectivity index (χ0n) is 6.13. The summed E-state index contributed by atoms with van der Waals surface area (Å²) >= 11 is 0. The maximum Gasteiger partial charge on any atom is 0.320 e. The minimum Gasteiger partial charge on any atom is -0.480 e. The molecule has 1 unspecified atom stereocenters. The Kier molecular flexibility index (Phi) is 4.88. The summed E-state index contributed by atoms with van der Waals surface area (Å²) in [6.07, 6.45) is 1.35. The van der Waals surface area contributed by atoms with E-state index in [1.807, 2.05) is 7.05 Å². The number of nitrogens with one attached hydrogen (secondary N) is 1. The Labute approximate surface area is 60.4 Å². The Morgan fingerprint density at radius 3 is 2.80 bits per heavy atom. The molecule has 0 saturated carbocycles. The second-order valence-corrected chi connectivity index (χ2v) is 2.19. The average molecular weight is 146 g/mol. The van der Waals surface area contributed by atoms with E-state index in [1.165, 1.54) is 0 Å². The summed E-state index contributed by atoms with van der Waals surface area (Å²) in [4.78, 5) is 10.1. The minimum absolute atomic E-state index is 0.538. The maximum atomic E-state index is 10.1. The monoisotopic (exact) mass is 146 g/mol. The van der Waals surface area contributed by atoms with Crippen LogP contribution in [0.2, 0.25) is 0 Å². The van der Waals surface area contributed by atoms with Gasteiger partial charge >= 0.3 is 5.97 Å². The molecule has 0 aliphatic rings. The zero-order valence-corrected chi connectivity index (χ0v) is 6.13. The molecule has 0 aromatic carbocycles. The van der Waals surface area contributed by atoms with Gasteiger partial charge in [-0.15, -0.1) is 0 Å². The highest BCUT2D eigenvalue weighted by Crippen LogP contribution is 1.92. The van der Waals surface area contributed by atoms with Crippen LogP contribution in [0.4, 0.5) is 0 Å². The first-order chi connectivity index (χ1) is 4.68. The van der Waals surface area contributed by atoms with E-state index in [-0.39, 0.29) is 0 Å². The molecule has 0 amide bonds. The normalized spacial score (nSPS) is 13.0. The van der Waals surface area contributed by atoms with Gasteiger partial charge in [-0.05, 0) is 26.4 Å². The van der Waals surface area contributed by atoms with Crippen molar-refractivity contribution in [2.24, 2.45) is 5.73 Å². The van der Waals surface area contributed by atoms with Gasteiger partial charge in [-0.1, -0.05) is 0 Å². The molecule has 0 saturated heterocycles. The molecule has 4 N–H and O–H groups in total. The minimum atomic E-state index is -0.920. The SMILES string of the molecule is CNCCCC(N)C(=O)O. The van der Waals surface area contributed by atoms with Crippen LogP contribution in [0.25, 0.3) is 0 Å². The molecule has 4 heteroatoms.